The first kappa shape index (κ1) is 13.2. The standard InChI is InChI=1S/C13H13N3O2S/c1-17-10-4-2-3-9(5-10)8-18-12-7-15-11(6-16-12)13(14)19/h2-7H,8H2,1H3,(H2,14,19). The molecule has 1 aromatic heterocycles. The average molecular weight is 275 g/mol. The number of rotatable bonds is 5. The van der Waals surface area contributed by atoms with Gasteiger partial charge in [0.15, 0.2) is 0 Å². The van der Waals surface area contributed by atoms with Gasteiger partial charge in [0, 0.05) is 0 Å². The summed E-state index contributed by atoms with van der Waals surface area (Å²) in [6, 6.07) is 7.62. The molecule has 2 rings (SSSR count). The Kier molecular flexibility index (Phi) is 4.25. The van der Waals surface area contributed by atoms with E-state index in [1.807, 2.05) is 24.3 Å². The molecular formula is C13H13N3O2S. The van der Waals surface area contributed by atoms with E-state index in [4.69, 9.17) is 27.4 Å². The zero-order valence-corrected chi connectivity index (χ0v) is 11.2. The van der Waals surface area contributed by atoms with Crippen molar-refractivity contribution in [2.24, 2.45) is 5.73 Å². The van der Waals surface area contributed by atoms with Crippen molar-refractivity contribution < 1.29 is 9.47 Å². The summed E-state index contributed by atoms with van der Waals surface area (Å²) in [5, 5.41) is 0. The third-order valence-electron chi connectivity index (χ3n) is 2.40. The minimum Gasteiger partial charge on any atom is -0.497 e. The van der Waals surface area contributed by atoms with Crippen LogP contribution >= 0.6 is 12.2 Å². The van der Waals surface area contributed by atoms with Gasteiger partial charge in [-0.15, -0.1) is 0 Å². The van der Waals surface area contributed by atoms with Gasteiger partial charge in [0.2, 0.25) is 5.88 Å². The molecule has 0 aliphatic rings. The Hall–Kier alpha value is -2.21. The van der Waals surface area contributed by atoms with E-state index < -0.39 is 0 Å². The second-order valence-electron chi connectivity index (χ2n) is 3.74. The zero-order valence-electron chi connectivity index (χ0n) is 10.4. The first-order chi connectivity index (χ1) is 9.19. The summed E-state index contributed by atoms with van der Waals surface area (Å²) < 4.78 is 10.7. The van der Waals surface area contributed by atoms with Crippen LogP contribution in [0.5, 0.6) is 11.6 Å². The Bertz CT molecular complexity index is 572. The van der Waals surface area contributed by atoms with Gasteiger partial charge in [-0.3, -0.25) is 0 Å². The summed E-state index contributed by atoms with van der Waals surface area (Å²) >= 11 is 4.79. The van der Waals surface area contributed by atoms with E-state index >= 15 is 0 Å². The van der Waals surface area contributed by atoms with Crippen LogP contribution in [0.15, 0.2) is 36.7 Å². The molecule has 0 amide bonds. The summed E-state index contributed by atoms with van der Waals surface area (Å²) in [6.07, 6.45) is 2.98. The highest BCUT2D eigenvalue weighted by Crippen LogP contribution is 2.14. The first-order valence-electron chi connectivity index (χ1n) is 5.56. The number of hydrogen-bond donors (Lipinski definition) is 1. The lowest BCUT2D eigenvalue weighted by Gasteiger charge is -2.06. The SMILES string of the molecule is COc1cccc(COc2cnc(C(N)=S)cn2)c1. The molecule has 0 saturated carbocycles. The summed E-state index contributed by atoms with van der Waals surface area (Å²) in [6.45, 7) is 0.387. The quantitative estimate of drug-likeness (QED) is 0.837. The van der Waals surface area contributed by atoms with Crippen molar-refractivity contribution in [3.63, 3.8) is 0 Å². The number of benzene rings is 1. The Morgan fingerprint density at radius 1 is 1.32 bits per heavy atom. The van der Waals surface area contributed by atoms with Gasteiger partial charge in [0.1, 0.15) is 23.0 Å². The van der Waals surface area contributed by atoms with Crippen LogP contribution in [-0.4, -0.2) is 22.1 Å². The maximum atomic E-state index is 5.51. The molecule has 2 aromatic rings. The number of thiocarbonyl (C=S) groups is 1. The predicted molar refractivity (Wildman–Crippen MR) is 75.2 cm³/mol. The highest BCUT2D eigenvalue weighted by molar-refractivity contribution is 7.80. The number of ether oxygens (including phenoxy) is 2. The van der Waals surface area contributed by atoms with Crippen LogP contribution in [0.25, 0.3) is 0 Å². The fraction of sp³-hybridized carbons (Fsp3) is 0.154. The largest absolute Gasteiger partial charge is 0.497 e. The predicted octanol–water partition coefficient (Wildman–Crippen LogP) is 1.70. The zero-order chi connectivity index (χ0) is 13.7. The maximum absolute atomic E-state index is 5.51. The molecule has 98 valence electrons. The molecule has 0 unspecified atom stereocenters. The average Bonchev–Trinajstić information content (AvgIpc) is 2.46. The van der Waals surface area contributed by atoms with E-state index in [0.29, 0.717) is 18.2 Å². The second kappa shape index (κ2) is 6.10. The normalized spacial score (nSPS) is 9.95. The Balaban J connectivity index is 1.99. The fourth-order valence-electron chi connectivity index (χ4n) is 1.44. The molecule has 6 heteroatoms. The van der Waals surface area contributed by atoms with E-state index in [1.165, 1.54) is 12.4 Å². The monoisotopic (exact) mass is 275 g/mol. The van der Waals surface area contributed by atoms with Crippen LogP contribution in [0, 0.1) is 0 Å². The first-order valence-corrected chi connectivity index (χ1v) is 5.97. The van der Waals surface area contributed by atoms with Crippen LogP contribution in [0.1, 0.15) is 11.3 Å². The summed E-state index contributed by atoms with van der Waals surface area (Å²) in [5.74, 6) is 1.21. The van der Waals surface area contributed by atoms with Gasteiger partial charge in [-0.1, -0.05) is 24.4 Å². The minimum atomic E-state index is 0.215. The minimum absolute atomic E-state index is 0.215. The van der Waals surface area contributed by atoms with Crippen molar-refractivity contribution in [2.75, 3.05) is 7.11 Å². The van der Waals surface area contributed by atoms with E-state index in [-0.39, 0.29) is 4.99 Å². The van der Waals surface area contributed by atoms with Crippen LogP contribution in [-0.2, 0) is 6.61 Å². The molecule has 0 spiro atoms. The highest BCUT2D eigenvalue weighted by Gasteiger charge is 2.02. The maximum Gasteiger partial charge on any atom is 0.232 e. The van der Waals surface area contributed by atoms with Crippen LogP contribution in [0.3, 0.4) is 0 Å². The topological polar surface area (TPSA) is 70.3 Å². The van der Waals surface area contributed by atoms with Gasteiger partial charge in [0.25, 0.3) is 0 Å². The second-order valence-corrected chi connectivity index (χ2v) is 4.18. The van der Waals surface area contributed by atoms with Gasteiger partial charge in [0.05, 0.1) is 19.5 Å². The Morgan fingerprint density at radius 2 is 2.16 bits per heavy atom. The van der Waals surface area contributed by atoms with E-state index in [1.54, 1.807) is 7.11 Å². The smallest absolute Gasteiger partial charge is 0.232 e. The van der Waals surface area contributed by atoms with Crippen LogP contribution in [0.2, 0.25) is 0 Å². The van der Waals surface area contributed by atoms with Gasteiger partial charge in [-0.25, -0.2) is 9.97 Å². The van der Waals surface area contributed by atoms with Gasteiger partial charge in [-0.2, -0.15) is 0 Å². The molecule has 0 atom stereocenters. The molecule has 19 heavy (non-hydrogen) atoms. The molecule has 0 radical (unpaired) electrons. The highest BCUT2D eigenvalue weighted by atomic mass is 32.1. The number of nitrogens with two attached hydrogens (primary N) is 1. The number of nitrogens with zero attached hydrogens (tertiary/aromatic N) is 2. The Morgan fingerprint density at radius 3 is 2.79 bits per heavy atom. The number of aromatic nitrogens is 2. The van der Waals surface area contributed by atoms with Gasteiger partial charge < -0.3 is 15.2 Å². The van der Waals surface area contributed by atoms with Crippen molar-refractivity contribution in [1.82, 2.24) is 9.97 Å². The lowest BCUT2D eigenvalue weighted by atomic mass is 10.2. The van der Waals surface area contributed by atoms with Gasteiger partial charge in [-0.05, 0) is 17.7 Å². The lowest BCUT2D eigenvalue weighted by Crippen LogP contribution is -2.12. The van der Waals surface area contributed by atoms with Crippen molar-refractivity contribution >= 4 is 17.2 Å². The van der Waals surface area contributed by atoms with E-state index in [0.717, 1.165) is 11.3 Å². The Labute approximate surface area is 116 Å². The molecule has 1 heterocycles. The third kappa shape index (κ3) is 3.62. The van der Waals surface area contributed by atoms with E-state index in [2.05, 4.69) is 9.97 Å². The molecule has 0 bridgehead atoms. The van der Waals surface area contributed by atoms with E-state index in [9.17, 15) is 0 Å². The van der Waals surface area contributed by atoms with Crippen molar-refractivity contribution in [2.45, 2.75) is 6.61 Å². The number of methoxy groups -OCH3 is 1. The van der Waals surface area contributed by atoms with Crippen molar-refractivity contribution in [3.8, 4) is 11.6 Å². The molecule has 0 saturated heterocycles. The number of hydrogen-bond acceptors (Lipinski definition) is 5. The molecular weight excluding hydrogens is 262 g/mol. The summed E-state index contributed by atoms with van der Waals surface area (Å²) in [4.78, 5) is 8.33. The van der Waals surface area contributed by atoms with Crippen LogP contribution in [0.4, 0.5) is 0 Å². The molecule has 1 aromatic carbocycles. The third-order valence-corrected chi connectivity index (χ3v) is 2.61. The molecule has 0 aliphatic carbocycles. The lowest BCUT2D eigenvalue weighted by molar-refractivity contribution is 0.291. The van der Waals surface area contributed by atoms with Crippen molar-refractivity contribution in [3.05, 3.63) is 47.9 Å². The molecule has 2 N–H and O–H groups in total. The summed E-state index contributed by atoms with van der Waals surface area (Å²) in [7, 11) is 1.62. The fourth-order valence-corrected chi connectivity index (χ4v) is 1.54. The molecule has 0 aliphatic heterocycles. The molecule has 0 fully saturated rings. The van der Waals surface area contributed by atoms with Crippen molar-refractivity contribution in [1.29, 1.82) is 0 Å². The molecule has 5 nitrogen and oxygen atoms in total. The van der Waals surface area contributed by atoms with Crippen LogP contribution < -0.4 is 15.2 Å². The summed E-state index contributed by atoms with van der Waals surface area (Å²) in [5.41, 5.74) is 6.90. The van der Waals surface area contributed by atoms with Gasteiger partial charge >= 0.3 is 0 Å².